The molecule has 0 aliphatic heterocycles. The van der Waals surface area contributed by atoms with Crippen LogP contribution < -0.4 is 9.62 Å². The molecule has 0 radical (unpaired) electrons. The standard InChI is InChI=1S/C31H37N3O4S/c1-39(37,38)34(28-20-12-5-13-21-28)24-30(35)33(23-26-16-8-3-9-17-26)29(22-25-14-6-2-7-15-25)31(36)32-27-18-10-4-11-19-27/h2-3,5-9,12-17,20-21,27,29H,4,10-11,18-19,22-24H2,1H3,(H,32,36)/t29-/m0/s1. The first-order valence-electron chi connectivity index (χ1n) is 13.5. The number of rotatable bonds is 11. The fraction of sp³-hybridized carbons (Fsp3) is 0.355. The molecule has 7 nitrogen and oxygen atoms in total. The van der Waals surface area contributed by atoms with Crippen molar-refractivity contribution in [1.82, 2.24) is 10.2 Å². The minimum Gasteiger partial charge on any atom is -0.352 e. The van der Waals surface area contributed by atoms with E-state index in [4.69, 9.17) is 0 Å². The summed E-state index contributed by atoms with van der Waals surface area (Å²) in [5.74, 6) is -0.645. The molecule has 39 heavy (non-hydrogen) atoms. The van der Waals surface area contributed by atoms with E-state index in [9.17, 15) is 18.0 Å². The summed E-state index contributed by atoms with van der Waals surface area (Å²) in [6, 6.07) is 27.0. The Morgan fingerprint density at radius 2 is 1.36 bits per heavy atom. The zero-order chi connectivity index (χ0) is 27.7. The van der Waals surface area contributed by atoms with Crippen molar-refractivity contribution in [3.05, 3.63) is 102 Å². The summed E-state index contributed by atoms with van der Waals surface area (Å²) in [5.41, 5.74) is 2.19. The van der Waals surface area contributed by atoms with Crippen molar-refractivity contribution >= 4 is 27.5 Å². The maximum absolute atomic E-state index is 14.0. The highest BCUT2D eigenvalue weighted by molar-refractivity contribution is 7.92. The van der Waals surface area contributed by atoms with E-state index in [1.165, 1.54) is 6.42 Å². The Morgan fingerprint density at radius 1 is 0.821 bits per heavy atom. The van der Waals surface area contributed by atoms with Crippen LogP contribution in [0.2, 0.25) is 0 Å². The third kappa shape index (κ3) is 8.17. The van der Waals surface area contributed by atoms with Crippen LogP contribution in [0.3, 0.4) is 0 Å². The fourth-order valence-electron chi connectivity index (χ4n) is 5.09. The van der Waals surface area contributed by atoms with Gasteiger partial charge in [-0.2, -0.15) is 0 Å². The zero-order valence-corrected chi connectivity index (χ0v) is 23.2. The van der Waals surface area contributed by atoms with E-state index in [-0.39, 0.29) is 18.5 Å². The van der Waals surface area contributed by atoms with Gasteiger partial charge >= 0.3 is 0 Å². The van der Waals surface area contributed by atoms with Gasteiger partial charge in [-0.3, -0.25) is 13.9 Å². The number of hydrogen-bond acceptors (Lipinski definition) is 4. The van der Waals surface area contributed by atoms with E-state index in [0.717, 1.165) is 47.4 Å². The lowest BCUT2D eigenvalue weighted by Gasteiger charge is -2.35. The fourth-order valence-corrected chi connectivity index (χ4v) is 5.94. The Kier molecular flexibility index (Phi) is 9.76. The van der Waals surface area contributed by atoms with Crippen LogP contribution in [0.15, 0.2) is 91.0 Å². The summed E-state index contributed by atoms with van der Waals surface area (Å²) in [5, 5.41) is 3.21. The molecule has 0 spiro atoms. The zero-order valence-electron chi connectivity index (χ0n) is 22.4. The van der Waals surface area contributed by atoms with E-state index in [0.29, 0.717) is 12.1 Å². The second kappa shape index (κ2) is 13.4. The van der Waals surface area contributed by atoms with Gasteiger partial charge in [-0.05, 0) is 36.1 Å². The first-order chi connectivity index (χ1) is 18.8. The van der Waals surface area contributed by atoms with Gasteiger partial charge in [-0.15, -0.1) is 0 Å². The normalized spacial score (nSPS) is 14.8. The molecule has 0 aromatic heterocycles. The molecule has 1 saturated carbocycles. The molecule has 1 aliphatic rings. The Bertz CT molecular complexity index is 1310. The van der Waals surface area contributed by atoms with Crippen molar-refractivity contribution in [1.29, 1.82) is 0 Å². The van der Waals surface area contributed by atoms with Crippen molar-refractivity contribution in [3.8, 4) is 0 Å². The van der Waals surface area contributed by atoms with Crippen molar-refractivity contribution < 1.29 is 18.0 Å². The lowest BCUT2D eigenvalue weighted by Crippen LogP contribution is -2.55. The van der Waals surface area contributed by atoms with E-state index in [1.807, 2.05) is 60.7 Å². The van der Waals surface area contributed by atoms with Crippen LogP contribution in [-0.2, 0) is 32.6 Å². The van der Waals surface area contributed by atoms with Crippen LogP contribution in [0, 0.1) is 0 Å². The highest BCUT2D eigenvalue weighted by Gasteiger charge is 2.34. The van der Waals surface area contributed by atoms with Gasteiger partial charge in [0.05, 0.1) is 11.9 Å². The number of nitrogens with zero attached hydrogens (tertiary/aromatic N) is 2. The molecule has 2 amide bonds. The molecular formula is C31H37N3O4S. The maximum atomic E-state index is 14.0. The van der Waals surface area contributed by atoms with Crippen LogP contribution in [-0.4, -0.2) is 50.0 Å². The quantitative estimate of drug-likeness (QED) is 0.382. The summed E-state index contributed by atoms with van der Waals surface area (Å²) in [4.78, 5) is 29.5. The van der Waals surface area contributed by atoms with E-state index >= 15 is 0 Å². The highest BCUT2D eigenvalue weighted by atomic mass is 32.2. The molecule has 206 valence electrons. The van der Waals surface area contributed by atoms with Gasteiger partial charge in [-0.1, -0.05) is 98.1 Å². The number of hydrogen-bond donors (Lipinski definition) is 1. The molecule has 0 bridgehead atoms. The number of para-hydroxylation sites is 1. The first kappa shape index (κ1) is 28.4. The minimum absolute atomic E-state index is 0.0787. The second-order valence-electron chi connectivity index (χ2n) is 10.2. The molecule has 3 aromatic carbocycles. The lowest BCUT2D eigenvalue weighted by atomic mass is 9.94. The number of sulfonamides is 1. The lowest BCUT2D eigenvalue weighted by molar-refractivity contribution is -0.140. The number of anilines is 1. The van der Waals surface area contributed by atoms with Crippen molar-refractivity contribution in [3.63, 3.8) is 0 Å². The molecule has 4 rings (SSSR count). The molecular weight excluding hydrogens is 510 g/mol. The van der Waals surface area contributed by atoms with E-state index < -0.39 is 28.5 Å². The summed E-state index contributed by atoms with van der Waals surface area (Å²) >= 11 is 0. The van der Waals surface area contributed by atoms with Crippen LogP contribution in [0.25, 0.3) is 0 Å². The highest BCUT2D eigenvalue weighted by Crippen LogP contribution is 2.22. The predicted molar refractivity (Wildman–Crippen MR) is 155 cm³/mol. The van der Waals surface area contributed by atoms with Crippen LogP contribution in [0.5, 0.6) is 0 Å². The van der Waals surface area contributed by atoms with Gasteiger partial charge in [0.1, 0.15) is 12.6 Å². The molecule has 8 heteroatoms. The molecule has 3 aromatic rings. The predicted octanol–water partition coefficient (Wildman–Crippen LogP) is 4.54. The monoisotopic (exact) mass is 547 g/mol. The summed E-state index contributed by atoms with van der Waals surface area (Å²) in [6.45, 7) is -0.223. The van der Waals surface area contributed by atoms with Gasteiger partial charge in [0.15, 0.2) is 0 Å². The Labute approximate surface area is 231 Å². The summed E-state index contributed by atoms with van der Waals surface area (Å²) in [6.07, 6.45) is 6.56. The third-order valence-electron chi connectivity index (χ3n) is 7.14. The largest absolute Gasteiger partial charge is 0.352 e. The average Bonchev–Trinajstić information content (AvgIpc) is 2.95. The average molecular weight is 548 g/mol. The van der Waals surface area contributed by atoms with Gasteiger partial charge in [0, 0.05) is 19.0 Å². The van der Waals surface area contributed by atoms with Crippen LogP contribution in [0.4, 0.5) is 5.69 Å². The first-order valence-corrected chi connectivity index (χ1v) is 15.4. The van der Waals surface area contributed by atoms with Gasteiger partial charge < -0.3 is 10.2 Å². The number of carbonyl (C=O) groups is 2. The number of benzene rings is 3. The summed E-state index contributed by atoms with van der Waals surface area (Å²) in [7, 11) is -3.76. The molecule has 0 unspecified atom stereocenters. The topological polar surface area (TPSA) is 86.8 Å². The van der Waals surface area contributed by atoms with E-state index in [2.05, 4.69) is 5.32 Å². The molecule has 1 aliphatic carbocycles. The smallest absolute Gasteiger partial charge is 0.244 e. The Balaban J connectivity index is 1.69. The van der Waals surface area contributed by atoms with Crippen LogP contribution >= 0.6 is 0 Å². The molecule has 1 atom stereocenters. The minimum atomic E-state index is -3.76. The second-order valence-corrected chi connectivity index (χ2v) is 12.1. The van der Waals surface area contributed by atoms with Crippen LogP contribution in [0.1, 0.15) is 43.2 Å². The maximum Gasteiger partial charge on any atom is 0.244 e. The Morgan fingerprint density at radius 3 is 1.92 bits per heavy atom. The molecule has 0 heterocycles. The van der Waals surface area contributed by atoms with Gasteiger partial charge in [-0.25, -0.2) is 8.42 Å². The summed E-state index contributed by atoms with van der Waals surface area (Å²) < 4.78 is 26.7. The molecule has 1 N–H and O–H groups in total. The van der Waals surface area contributed by atoms with Gasteiger partial charge in [0.25, 0.3) is 0 Å². The molecule has 0 saturated heterocycles. The number of nitrogens with one attached hydrogen (secondary N) is 1. The number of carbonyl (C=O) groups excluding carboxylic acids is 2. The molecule has 1 fully saturated rings. The SMILES string of the molecule is CS(=O)(=O)N(CC(=O)N(Cc1ccccc1)[C@@H](Cc1ccccc1)C(=O)NC1CCCCC1)c1ccccc1. The number of amides is 2. The van der Waals surface area contributed by atoms with Crippen molar-refractivity contribution in [2.24, 2.45) is 0 Å². The van der Waals surface area contributed by atoms with Crippen molar-refractivity contribution in [2.45, 2.75) is 57.2 Å². The third-order valence-corrected chi connectivity index (χ3v) is 8.28. The van der Waals surface area contributed by atoms with Crippen molar-refractivity contribution in [2.75, 3.05) is 17.1 Å². The van der Waals surface area contributed by atoms with Gasteiger partial charge in [0.2, 0.25) is 21.8 Å². The Hall–Kier alpha value is -3.65. The van der Waals surface area contributed by atoms with E-state index in [1.54, 1.807) is 35.2 Å².